The molecule has 0 radical (unpaired) electrons. The van der Waals surface area contributed by atoms with Crippen molar-refractivity contribution in [1.82, 2.24) is 4.90 Å². The van der Waals surface area contributed by atoms with Gasteiger partial charge in [0.05, 0.1) is 4.91 Å². The summed E-state index contributed by atoms with van der Waals surface area (Å²) in [5, 5.41) is 9.31. The monoisotopic (exact) mass is 389 g/mol. The largest absolute Gasteiger partial charge is 0.480 e. The molecule has 1 aliphatic rings. The number of aliphatic carboxylic acids is 1. The lowest BCUT2D eigenvalue weighted by Gasteiger charge is -2.26. The first-order chi connectivity index (χ1) is 9.81. The summed E-state index contributed by atoms with van der Waals surface area (Å²) in [6.07, 6.45) is 1.56. The van der Waals surface area contributed by atoms with Gasteiger partial charge in [0.2, 0.25) is 0 Å². The summed E-state index contributed by atoms with van der Waals surface area (Å²) in [4.78, 5) is 25.3. The van der Waals surface area contributed by atoms with Crippen LogP contribution in [0.5, 0.6) is 0 Å². The molecule has 1 N–H and O–H groups in total. The van der Waals surface area contributed by atoms with E-state index in [-0.39, 0.29) is 10.2 Å². The summed E-state index contributed by atoms with van der Waals surface area (Å²) in [7, 11) is 0. The summed E-state index contributed by atoms with van der Waals surface area (Å²) in [6, 6.07) is 2.45. The lowest BCUT2D eigenvalue weighted by atomic mass is 10.0. The Morgan fingerprint density at radius 3 is 2.67 bits per heavy atom. The number of carbonyl (C=O) groups excluding carboxylic acids is 1. The van der Waals surface area contributed by atoms with Crippen molar-refractivity contribution in [2.45, 2.75) is 19.9 Å². The zero-order valence-corrected chi connectivity index (χ0v) is 14.4. The van der Waals surface area contributed by atoms with Gasteiger partial charge in [-0.25, -0.2) is 4.79 Å². The molecule has 1 saturated heterocycles. The number of thioether (sulfide) groups is 1. The third kappa shape index (κ3) is 3.38. The van der Waals surface area contributed by atoms with E-state index in [0.29, 0.717) is 15.3 Å². The Hall–Kier alpha value is -1.12. The average molecular weight is 390 g/mol. The Labute approximate surface area is 139 Å². The summed E-state index contributed by atoms with van der Waals surface area (Å²) in [6.45, 7) is 3.48. The smallest absolute Gasteiger partial charge is 0.327 e. The molecular formula is C13H12BrNO4S2. The minimum Gasteiger partial charge on any atom is -0.480 e. The number of furan rings is 1. The van der Waals surface area contributed by atoms with Gasteiger partial charge in [-0.3, -0.25) is 9.69 Å². The minimum absolute atomic E-state index is 0.248. The summed E-state index contributed by atoms with van der Waals surface area (Å²) in [5.41, 5.74) is 0. The van der Waals surface area contributed by atoms with Gasteiger partial charge in [0.1, 0.15) is 16.1 Å². The Bertz CT molecular complexity index is 638. The highest BCUT2D eigenvalue weighted by molar-refractivity contribution is 9.10. The van der Waals surface area contributed by atoms with E-state index in [4.69, 9.17) is 16.6 Å². The molecular weight excluding hydrogens is 378 g/mol. The first-order valence-electron chi connectivity index (χ1n) is 6.06. The quantitative estimate of drug-likeness (QED) is 0.628. The number of hydrogen-bond acceptors (Lipinski definition) is 5. The van der Waals surface area contributed by atoms with Crippen molar-refractivity contribution >= 4 is 62.2 Å². The molecule has 1 aliphatic heterocycles. The van der Waals surface area contributed by atoms with Gasteiger partial charge in [0.15, 0.2) is 4.67 Å². The fourth-order valence-electron chi connectivity index (χ4n) is 1.95. The second-order valence-electron chi connectivity index (χ2n) is 4.72. The number of amides is 1. The zero-order valence-electron chi connectivity index (χ0n) is 11.2. The van der Waals surface area contributed by atoms with Crippen LogP contribution in [0.1, 0.15) is 19.6 Å². The molecule has 5 nitrogen and oxygen atoms in total. The van der Waals surface area contributed by atoms with E-state index in [0.717, 1.165) is 16.7 Å². The molecule has 0 bridgehead atoms. The Balaban J connectivity index is 2.32. The third-order valence-electron chi connectivity index (χ3n) is 2.85. The van der Waals surface area contributed by atoms with E-state index < -0.39 is 17.9 Å². The minimum atomic E-state index is -1.07. The van der Waals surface area contributed by atoms with Gasteiger partial charge in [-0.05, 0) is 34.0 Å². The predicted molar refractivity (Wildman–Crippen MR) is 87.7 cm³/mol. The number of nitrogens with zero attached hydrogens (tertiary/aromatic N) is 1. The maximum Gasteiger partial charge on any atom is 0.327 e. The second kappa shape index (κ2) is 6.33. The first kappa shape index (κ1) is 16.3. The summed E-state index contributed by atoms with van der Waals surface area (Å²) >= 11 is 9.41. The van der Waals surface area contributed by atoms with Crippen molar-refractivity contribution in [1.29, 1.82) is 0 Å². The molecule has 0 aromatic carbocycles. The average Bonchev–Trinajstić information content (AvgIpc) is 2.88. The molecule has 2 heterocycles. The van der Waals surface area contributed by atoms with E-state index in [1.807, 2.05) is 0 Å². The van der Waals surface area contributed by atoms with Crippen molar-refractivity contribution in [3.8, 4) is 0 Å². The van der Waals surface area contributed by atoms with E-state index in [2.05, 4.69) is 15.9 Å². The number of halogens is 1. The second-order valence-corrected chi connectivity index (χ2v) is 7.18. The number of carboxylic acid groups (broad SMARTS) is 1. The molecule has 1 aromatic heterocycles. The van der Waals surface area contributed by atoms with E-state index in [1.165, 1.54) is 0 Å². The van der Waals surface area contributed by atoms with Crippen LogP contribution < -0.4 is 0 Å². The van der Waals surface area contributed by atoms with Gasteiger partial charge < -0.3 is 9.52 Å². The number of hydrogen-bond donors (Lipinski definition) is 1. The Morgan fingerprint density at radius 2 is 2.19 bits per heavy atom. The first-order valence-corrected chi connectivity index (χ1v) is 8.08. The fraction of sp³-hybridized carbons (Fsp3) is 0.308. The van der Waals surface area contributed by atoms with Crippen molar-refractivity contribution in [3.05, 3.63) is 27.5 Å². The van der Waals surface area contributed by atoms with E-state index in [1.54, 1.807) is 32.1 Å². The molecule has 1 aromatic rings. The van der Waals surface area contributed by atoms with Gasteiger partial charge in [0, 0.05) is 6.08 Å². The van der Waals surface area contributed by atoms with Crippen LogP contribution in [0.25, 0.3) is 6.08 Å². The Kier molecular flexibility index (Phi) is 4.90. The van der Waals surface area contributed by atoms with Crippen molar-refractivity contribution < 1.29 is 19.1 Å². The summed E-state index contributed by atoms with van der Waals surface area (Å²) in [5.74, 6) is -1.22. The highest BCUT2D eigenvalue weighted by Crippen LogP contribution is 2.35. The van der Waals surface area contributed by atoms with Crippen LogP contribution in [0.4, 0.5) is 0 Å². The molecule has 0 aliphatic carbocycles. The standard InChI is InChI=1S/C13H12BrNO4S2/c1-6(2)10(12(17)18)15-11(16)8(21-13(15)20)5-7-3-4-9(14)19-7/h3-6,10H,1-2H3,(H,17,18)/b8-5+/t10-/m0/s1. The molecule has 1 fully saturated rings. The highest BCUT2D eigenvalue weighted by Gasteiger charge is 2.41. The normalized spacial score (nSPS) is 18.9. The Morgan fingerprint density at radius 1 is 1.52 bits per heavy atom. The van der Waals surface area contributed by atoms with Crippen LogP contribution in [-0.2, 0) is 9.59 Å². The molecule has 0 unspecified atom stereocenters. The van der Waals surface area contributed by atoms with Crippen molar-refractivity contribution in [2.75, 3.05) is 0 Å². The molecule has 2 rings (SSSR count). The molecule has 0 saturated carbocycles. The van der Waals surface area contributed by atoms with Crippen LogP contribution in [0, 0.1) is 5.92 Å². The van der Waals surface area contributed by atoms with Crippen molar-refractivity contribution in [3.63, 3.8) is 0 Å². The van der Waals surface area contributed by atoms with Gasteiger partial charge in [-0.1, -0.05) is 37.8 Å². The van der Waals surface area contributed by atoms with Crippen LogP contribution in [0.3, 0.4) is 0 Å². The number of carbonyl (C=O) groups is 2. The van der Waals surface area contributed by atoms with E-state index in [9.17, 15) is 14.7 Å². The molecule has 1 amide bonds. The molecule has 1 atom stereocenters. The van der Waals surface area contributed by atoms with Crippen LogP contribution in [0.2, 0.25) is 0 Å². The zero-order chi connectivity index (χ0) is 15.7. The number of thiocarbonyl (C=S) groups is 1. The number of carboxylic acids is 1. The topological polar surface area (TPSA) is 70.8 Å². The fourth-order valence-corrected chi connectivity index (χ4v) is 3.58. The van der Waals surface area contributed by atoms with Gasteiger partial charge >= 0.3 is 5.97 Å². The van der Waals surface area contributed by atoms with Crippen LogP contribution >= 0.6 is 39.9 Å². The van der Waals surface area contributed by atoms with Crippen LogP contribution in [0.15, 0.2) is 26.1 Å². The SMILES string of the molecule is CC(C)[C@@H](C(=O)O)N1C(=O)/C(=C\c2ccc(Br)o2)SC1=S. The van der Waals surface area contributed by atoms with Gasteiger partial charge in [0.25, 0.3) is 5.91 Å². The maximum absolute atomic E-state index is 12.4. The number of rotatable bonds is 4. The third-order valence-corrected chi connectivity index (χ3v) is 4.61. The summed E-state index contributed by atoms with van der Waals surface area (Å²) < 4.78 is 6.12. The predicted octanol–water partition coefficient (Wildman–Crippen LogP) is 3.35. The van der Waals surface area contributed by atoms with Gasteiger partial charge in [-0.15, -0.1) is 0 Å². The van der Waals surface area contributed by atoms with Crippen LogP contribution in [-0.4, -0.2) is 32.2 Å². The lowest BCUT2D eigenvalue weighted by molar-refractivity contribution is -0.146. The highest BCUT2D eigenvalue weighted by atomic mass is 79.9. The van der Waals surface area contributed by atoms with Crippen molar-refractivity contribution in [2.24, 2.45) is 5.92 Å². The lowest BCUT2D eigenvalue weighted by Crippen LogP contribution is -2.47. The maximum atomic E-state index is 12.4. The molecule has 0 spiro atoms. The molecule has 112 valence electrons. The van der Waals surface area contributed by atoms with Gasteiger partial charge in [-0.2, -0.15) is 0 Å². The molecule has 21 heavy (non-hydrogen) atoms. The van der Waals surface area contributed by atoms with E-state index >= 15 is 0 Å². The molecule has 8 heteroatoms.